The summed E-state index contributed by atoms with van der Waals surface area (Å²) in [7, 11) is 0. The van der Waals surface area contributed by atoms with Crippen molar-refractivity contribution in [2.45, 2.75) is 27.2 Å². The van der Waals surface area contributed by atoms with Crippen molar-refractivity contribution in [2.75, 3.05) is 6.61 Å². The van der Waals surface area contributed by atoms with Gasteiger partial charge in [-0.1, -0.05) is 13.0 Å². The van der Waals surface area contributed by atoms with E-state index in [2.05, 4.69) is 0 Å². The van der Waals surface area contributed by atoms with Gasteiger partial charge in [-0.15, -0.1) is 0 Å². The van der Waals surface area contributed by atoms with Crippen molar-refractivity contribution in [1.29, 1.82) is 0 Å². The molecule has 0 fully saturated rings. The van der Waals surface area contributed by atoms with E-state index in [0.717, 1.165) is 12.0 Å². The number of rotatable bonds is 3. The Morgan fingerprint density at radius 1 is 1.60 bits per heavy atom. The first kappa shape index (κ1) is 9.21. The molecule has 0 aromatic rings. The van der Waals surface area contributed by atoms with Crippen LogP contribution in [0, 0.1) is 0 Å². The summed E-state index contributed by atoms with van der Waals surface area (Å²) in [6.45, 7) is 5.85. The molecule has 58 valence electrons. The fourth-order valence-electron chi connectivity index (χ4n) is 0.584. The maximum atomic E-state index is 10.3. The Bertz CT molecular complexity index is 136. The quantitative estimate of drug-likeness (QED) is 0.444. The molecule has 0 aliphatic heterocycles. The number of carbonyl (C=O) groups excluding carboxylic acids is 1. The Morgan fingerprint density at radius 3 is 2.50 bits per heavy atom. The van der Waals surface area contributed by atoms with Crippen molar-refractivity contribution in [3.63, 3.8) is 0 Å². The zero-order chi connectivity index (χ0) is 7.98. The average molecular weight is 142 g/mol. The first-order chi connectivity index (χ1) is 4.70. The molecule has 0 saturated carbocycles. The van der Waals surface area contributed by atoms with Gasteiger partial charge in [0.2, 0.25) is 0 Å². The lowest BCUT2D eigenvalue weighted by molar-refractivity contribution is -0.140. The molecule has 0 N–H and O–H groups in total. The Kier molecular flexibility index (Phi) is 4.63. The highest BCUT2D eigenvalue weighted by molar-refractivity contribution is 5.66. The highest BCUT2D eigenvalue weighted by Crippen LogP contribution is 1.99. The molecule has 0 atom stereocenters. The lowest BCUT2D eigenvalue weighted by Crippen LogP contribution is -2.02. The fourth-order valence-corrected chi connectivity index (χ4v) is 0.584. The largest absolute Gasteiger partial charge is 0.461 e. The van der Waals surface area contributed by atoms with Crippen molar-refractivity contribution in [2.24, 2.45) is 0 Å². The predicted octanol–water partition coefficient (Wildman–Crippen LogP) is 1.91. The van der Waals surface area contributed by atoms with Crippen LogP contribution in [-0.2, 0) is 9.53 Å². The third-order valence-electron chi connectivity index (χ3n) is 1.32. The summed E-state index contributed by atoms with van der Waals surface area (Å²) in [5.74, 6) is -0.215. The van der Waals surface area contributed by atoms with E-state index in [1.807, 2.05) is 19.9 Å². The maximum Gasteiger partial charge on any atom is 0.302 e. The number of hydrogen-bond acceptors (Lipinski definition) is 2. The van der Waals surface area contributed by atoms with Gasteiger partial charge in [-0.3, -0.25) is 4.79 Å². The van der Waals surface area contributed by atoms with Crippen LogP contribution >= 0.6 is 0 Å². The van der Waals surface area contributed by atoms with E-state index in [-0.39, 0.29) is 5.97 Å². The van der Waals surface area contributed by atoms with Crippen LogP contribution in [-0.4, -0.2) is 12.6 Å². The molecule has 0 radical (unpaired) electrons. The first-order valence-electron chi connectivity index (χ1n) is 3.48. The Hall–Kier alpha value is -0.790. The first-order valence-corrected chi connectivity index (χ1v) is 3.48. The van der Waals surface area contributed by atoms with Gasteiger partial charge < -0.3 is 4.74 Å². The van der Waals surface area contributed by atoms with Gasteiger partial charge in [-0.2, -0.15) is 0 Å². The van der Waals surface area contributed by atoms with E-state index in [9.17, 15) is 4.79 Å². The molecule has 10 heavy (non-hydrogen) atoms. The van der Waals surface area contributed by atoms with Gasteiger partial charge in [0.1, 0.15) is 6.61 Å². The monoisotopic (exact) mass is 142 g/mol. The van der Waals surface area contributed by atoms with Gasteiger partial charge in [0.15, 0.2) is 0 Å². The maximum absolute atomic E-state index is 10.3. The van der Waals surface area contributed by atoms with Gasteiger partial charge in [-0.25, -0.2) is 0 Å². The minimum Gasteiger partial charge on any atom is -0.461 e. The molecule has 0 rings (SSSR count). The van der Waals surface area contributed by atoms with E-state index in [4.69, 9.17) is 4.74 Å². The third kappa shape index (κ3) is 4.13. The number of ether oxygens (including phenoxy) is 1. The van der Waals surface area contributed by atoms with Crippen LogP contribution in [0.2, 0.25) is 0 Å². The number of hydrogen-bond donors (Lipinski definition) is 0. The molecular weight excluding hydrogens is 128 g/mol. The smallest absolute Gasteiger partial charge is 0.302 e. The molecule has 0 amide bonds. The molecule has 0 unspecified atom stereocenters. The molecule has 0 aliphatic carbocycles. The summed E-state index contributed by atoms with van der Waals surface area (Å²) in [6, 6.07) is 0. The van der Waals surface area contributed by atoms with Crippen molar-refractivity contribution in [3.05, 3.63) is 11.6 Å². The number of esters is 1. The van der Waals surface area contributed by atoms with Crippen molar-refractivity contribution in [3.8, 4) is 0 Å². The Balaban J connectivity index is 3.56. The molecule has 0 aliphatic rings. The topological polar surface area (TPSA) is 26.3 Å². The van der Waals surface area contributed by atoms with Gasteiger partial charge >= 0.3 is 5.97 Å². The highest BCUT2D eigenvalue weighted by Gasteiger charge is 1.94. The molecule has 2 nitrogen and oxygen atoms in total. The number of carbonyl (C=O) groups is 1. The minimum atomic E-state index is -0.215. The van der Waals surface area contributed by atoms with Crippen LogP contribution in [0.15, 0.2) is 11.6 Å². The van der Waals surface area contributed by atoms with Crippen LogP contribution < -0.4 is 0 Å². The van der Waals surface area contributed by atoms with Gasteiger partial charge in [0, 0.05) is 6.92 Å². The highest BCUT2D eigenvalue weighted by atomic mass is 16.5. The SMILES string of the molecule is C/C=C(\CC)COC(C)=O. The third-order valence-corrected chi connectivity index (χ3v) is 1.32. The van der Waals surface area contributed by atoms with E-state index in [0.29, 0.717) is 6.61 Å². The summed E-state index contributed by atoms with van der Waals surface area (Å²) < 4.78 is 4.78. The lowest BCUT2D eigenvalue weighted by Gasteiger charge is -2.02. The molecular formula is C8H14O2. The number of allylic oxidation sites excluding steroid dienone is 1. The molecule has 0 bridgehead atoms. The van der Waals surface area contributed by atoms with E-state index in [1.54, 1.807) is 0 Å². The standard InChI is InChI=1S/C8H14O2/c1-4-8(5-2)6-10-7(3)9/h4H,5-6H2,1-3H3/b8-4+. The second-order valence-corrected chi connectivity index (χ2v) is 2.08. The zero-order valence-corrected chi connectivity index (χ0v) is 6.81. The molecule has 0 aromatic heterocycles. The van der Waals surface area contributed by atoms with Gasteiger partial charge in [0.05, 0.1) is 0 Å². The summed E-state index contributed by atoms with van der Waals surface area (Å²) >= 11 is 0. The van der Waals surface area contributed by atoms with E-state index < -0.39 is 0 Å². The molecule has 2 heteroatoms. The molecule has 0 heterocycles. The summed E-state index contributed by atoms with van der Waals surface area (Å²) in [5, 5.41) is 0. The predicted molar refractivity (Wildman–Crippen MR) is 40.7 cm³/mol. The van der Waals surface area contributed by atoms with E-state index >= 15 is 0 Å². The second-order valence-electron chi connectivity index (χ2n) is 2.08. The second kappa shape index (κ2) is 5.03. The molecule has 0 aromatic carbocycles. The summed E-state index contributed by atoms with van der Waals surface area (Å²) in [4.78, 5) is 10.3. The zero-order valence-electron chi connectivity index (χ0n) is 6.81. The Morgan fingerprint density at radius 2 is 2.20 bits per heavy atom. The van der Waals surface area contributed by atoms with E-state index in [1.165, 1.54) is 6.92 Å². The van der Waals surface area contributed by atoms with Crippen molar-refractivity contribution in [1.82, 2.24) is 0 Å². The summed E-state index contributed by atoms with van der Waals surface area (Å²) in [5.41, 5.74) is 1.16. The molecule has 0 spiro atoms. The van der Waals surface area contributed by atoms with Gasteiger partial charge in [0.25, 0.3) is 0 Å². The van der Waals surface area contributed by atoms with Crippen LogP contribution in [0.4, 0.5) is 0 Å². The normalized spacial score (nSPS) is 11.3. The van der Waals surface area contributed by atoms with Gasteiger partial charge in [-0.05, 0) is 18.9 Å². The fraction of sp³-hybridized carbons (Fsp3) is 0.625. The minimum absolute atomic E-state index is 0.215. The molecule has 0 saturated heterocycles. The van der Waals surface area contributed by atoms with Crippen LogP contribution in [0.3, 0.4) is 0 Å². The van der Waals surface area contributed by atoms with Crippen LogP contribution in [0.25, 0.3) is 0 Å². The Labute approximate surface area is 61.9 Å². The van der Waals surface area contributed by atoms with Crippen LogP contribution in [0.5, 0.6) is 0 Å². The average Bonchev–Trinajstić information content (AvgIpc) is 1.90. The van der Waals surface area contributed by atoms with Crippen molar-refractivity contribution < 1.29 is 9.53 Å². The van der Waals surface area contributed by atoms with Crippen LogP contribution in [0.1, 0.15) is 27.2 Å². The van der Waals surface area contributed by atoms with Crippen molar-refractivity contribution >= 4 is 5.97 Å². The summed E-state index contributed by atoms with van der Waals surface area (Å²) in [6.07, 6.45) is 2.92. The lowest BCUT2D eigenvalue weighted by atomic mass is 10.2.